The Morgan fingerprint density at radius 1 is 0.262 bits per heavy atom. The van der Waals surface area contributed by atoms with E-state index in [0.717, 1.165) is 17.1 Å². The molecule has 0 unspecified atom stereocenters. The summed E-state index contributed by atoms with van der Waals surface area (Å²) in [4.78, 5) is 2.40. The first-order chi connectivity index (χ1) is 30.3. The van der Waals surface area contributed by atoms with E-state index in [0.29, 0.717) is 0 Å². The van der Waals surface area contributed by atoms with Crippen molar-refractivity contribution < 1.29 is 0 Å². The Kier molecular flexibility index (Phi) is 7.21. The van der Waals surface area contributed by atoms with E-state index >= 15 is 0 Å². The summed E-state index contributed by atoms with van der Waals surface area (Å²) in [5.74, 6) is 0. The summed E-state index contributed by atoms with van der Waals surface area (Å²) in [6.45, 7) is 0. The molecule has 0 saturated heterocycles. The summed E-state index contributed by atoms with van der Waals surface area (Å²) in [7, 11) is 0. The quantitative estimate of drug-likeness (QED) is 0.172. The van der Waals surface area contributed by atoms with Crippen LogP contribution in [-0.2, 0) is 10.8 Å². The van der Waals surface area contributed by atoms with Gasteiger partial charge in [-0.1, -0.05) is 200 Å². The Morgan fingerprint density at radius 2 is 0.689 bits per heavy atom. The highest BCUT2D eigenvalue weighted by Gasteiger charge is 2.58. The van der Waals surface area contributed by atoms with E-state index in [-0.39, 0.29) is 0 Å². The molecule has 284 valence electrons. The molecule has 10 aromatic carbocycles. The maximum absolute atomic E-state index is 2.46. The second-order valence-corrected chi connectivity index (χ2v) is 16.7. The van der Waals surface area contributed by atoms with Crippen LogP contribution in [0, 0.1) is 0 Å². The van der Waals surface area contributed by atoms with Gasteiger partial charge in [-0.25, -0.2) is 0 Å². The second-order valence-electron chi connectivity index (χ2n) is 16.7. The number of rotatable bonds is 4. The number of nitrogens with zero attached hydrogens (tertiary/aromatic N) is 1. The minimum Gasteiger partial charge on any atom is -0.310 e. The molecular weight excluding hydrogens is 735 g/mol. The number of benzene rings is 10. The van der Waals surface area contributed by atoms with Crippen LogP contribution in [0.25, 0.3) is 44.2 Å². The average Bonchev–Trinajstić information content (AvgIpc) is 3.80. The molecule has 0 aromatic heterocycles. The predicted octanol–water partition coefficient (Wildman–Crippen LogP) is 15.0. The molecule has 0 aliphatic heterocycles. The Hall–Kier alpha value is -7.74. The van der Waals surface area contributed by atoms with Gasteiger partial charge in [-0.15, -0.1) is 0 Å². The lowest BCUT2D eigenvalue weighted by molar-refractivity contribution is 0.633. The minimum absolute atomic E-state index is 0.446. The molecule has 2 spiro atoms. The molecule has 0 radical (unpaired) electrons. The number of hydrogen-bond donors (Lipinski definition) is 0. The maximum atomic E-state index is 2.46. The molecule has 3 aliphatic carbocycles. The Labute approximate surface area is 356 Å². The summed E-state index contributed by atoms with van der Waals surface area (Å²) >= 11 is 0. The number of fused-ring (bicyclic) bond motifs is 17. The van der Waals surface area contributed by atoms with E-state index < -0.39 is 10.8 Å². The van der Waals surface area contributed by atoms with Gasteiger partial charge in [0.2, 0.25) is 0 Å². The van der Waals surface area contributed by atoms with Gasteiger partial charge in [-0.05, 0) is 120 Å². The molecule has 61 heavy (non-hydrogen) atoms. The number of hydrogen-bond acceptors (Lipinski definition) is 1. The Balaban J connectivity index is 1.03. The fourth-order valence-electron chi connectivity index (χ4n) is 11.7. The van der Waals surface area contributed by atoms with E-state index in [4.69, 9.17) is 0 Å². The third-order valence-corrected chi connectivity index (χ3v) is 13.9. The van der Waals surface area contributed by atoms with Crippen molar-refractivity contribution in [3.05, 3.63) is 281 Å². The van der Waals surface area contributed by atoms with Gasteiger partial charge in [0.15, 0.2) is 0 Å². The number of anilines is 3. The molecule has 3 aliphatic rings. The van der Waals surface area contributed by atoms with Gasteiger partial charge in [0.25, 0.3) is 0 Å². The maximum Gasteiger partial charge on any atom is 0.0720 e. The van der Waals surface area contributed by atoms with E-state index in [2.05, 4.69) is 241 Å². The molecule has 0 bridgehead atoms. The fourth-order valence-corrected chi connectivity index (χ4v) is 11.7. The summed E-state index contributed by atoms with van der Waals surface area (Å²) < 4.78 is 0. The molecule has 0 atom stereocenters. The Bertz CT molecular complexity index is 3290. The van der Waals surface area contributed by atoms with Crippen molar-refractivity contribution in [3.63, 3.8) is 0 Å². The van der Waals surface area contributed by atoms with Gasteiger partial charge in [0.1, 0.15) is 0 Å². The van der Waals surface area contributed by atoms with E-state index in [9.17, 15) is 0 Å². The predicted molar refractivity (Wildman–Crippen MR) is 252 cm³/mol. The van der Waals surface area contributed by atoms with Crippen molar-refractivity contribution >= 4 is 27.8 Å². The number of para-hydroxylation sites is 1. The fraction of sp³-hybridized carbons (Fsp3) is 0.0333. The highest BCUT2D eigenvalue weighted by molar-refractivity contribution is 6.00. The van der Waals surface area contributed by atoms with Crippen molar-refractivity contribution in [2.45, 2.75) is 10.8 Å². The van der Waals surface area contributed by atoms with Crippen LogP contribution < -0.4 is 4.90 Å². The standard InChI is InChI=1S/C60H39N/c1-2-21-43(22-3-1)61(58-35-17-19-40-18-4-5-24-45(40)58)44-23-16-20-41(38-44)42-36-37-53-49(39-42)48-27-8-11-30-52(48)60(53)56-33-14-12-31-54(56)59(55-32-13-15-34-57(55)60)50-28-9-6-25-46(50)47-26-7-10-29-51(47)59/h1-39H. The molecule has 0 N–H and O–H groups in total. The van der Waals surface area contributed by atoms with Gasteiger partial charge in [0, 0.05) is 16.8 Å². The molecule has 0 amide bonds. The molecular formula is C60H39N. The second kappa shape index (κ2) is 12.9. The van der Waals surface area contributed by atoms with E-state index in [1.807, 2.05) is 0 Å². The van der Waals surface area contributed by atoms with Crippen LogP contribution in [0.3, 0.4) is 0 Å². The molecule has 0 heterocycles. The Morgan fingerprint density at radius 3 is 1.30 bits per heavy atom. The van der Waals surface area contributed by atoms with Crippen molar-refractivity contribution in [3.8, 4) is 33.4 Å². The zero-order valence-electron chi connectivity index (χ0n) is 33.5. The molecule has 10 aromatic rings. The van der Waals surface area contributed by atoms with Crippen LogP contribution >= 0.6 is 0 Å². The van der Waals surface area contributed by atoms with Crippen molar-refractivity contribution in [1.82, 2.24) is 0 Å². The van der Waals surface area contributed by atoms with Crippen LogP contribution in [0.4, 0.5) is 17.1 Å². The summed E-state index contributed by atoms with van der Waals surface area (Å²) in [5.41, 5.74) is 20.9. The van der Waals surface area contributed by atoms with Crippen LogP contribution in [-0.4, -0.2) is 0 Å². The largest absolute Gasteiger partial charge is 0.310 e. The highest BCUT2D eigenvalue weighted by Crippen LogP contribution is 2.67. The topological polar surface area (TPSA) is 3.24 Å². The van der Waals surface area contributed by atoms with Gasteiger partial charge in [-0.2, -0.15) is 0 Å². The van der Waals surface area contributed by atoms with Crippen LogP contribution in [0.1, 0.15) is 44.5 Å². The first-order valence-electron chi connectivity index (χ1n) is 21.3. The van der Waals surface area contributed by atoms with Crippen molar-refractivity contribution in [1.29, 1.82) is 0 Å². The van der Waals surface area contributed by atoms with Gasteiger partial charge in [-0.3, -0.25) is 0 Å². The summed E-state index contributed by atoms with van der Waals surface area (Å²) in [6, 6.07) is 88.4. The zero-order valence-corrected chi connectivity index (χ0v) is 33.5. The monoisotopic (exact) mass is 773 g/mol. The molecule has 13 rings (SSSR count). The van der Waals surface area contributed by atoms with E-state index in [1.54, 1.807) is 0 Å². The van der Waals surface area contributed by atoms with Gasteiger partial charge in [0.05, 0.1) is 16.5 Å². The summed E-state index contributed by atoms with van der Waals surface area (Å²) in [6.07, 6.45) is 0. The lowest BCUT2D eigenvalue weighted by Gasteiger charge is -2.48. The zero-order chi connectivity index (χ0) is 40.1. The average molecular weight is 774 g/mol. The summed E-state index contributed by atoms with van der Waals surface area (Å²) in [5, 5.41) is 2.44. The first-order valence-corrected chi connectivity index (χ1v) is 21.3. The van der Waals surface area contributed by atoms with E-state index in [1.165, 1.54) is 88.7 Å². The van der Waals surface area contributed by atoms with Crippen LogP contribution in [0.5, 0.6) is 0 Å². The van der Waals surface area contributed by atoms with Gasteiger partial charge < -0.3 is 4.90 Å². The SMILES string of the molecule is c1ccc(N(c2cccc(-c3ccc4c(c3)-c3ccccc3C43c4ccccc4C4(c5ccccc5-c5ccccc54)c4ccccc43)c2)c2cccc3ccccc23)cc1. The molecule has 0 saturated carbocycles. The third kappa shape index (κ3) is 4.50. The minimum atomic E-state index is -0.504. The van der Waals surface area contributed by atoms with Crippen LogP contribution in [0.2, 0.25) is 0 Å². The van der Waals surface area contributed by atoms with Crippen molar-refractivity contribution in [2.24, 2.45) is 0 Å². The van der Waals surface area contributed by atoms with Gasteiger partial charge >= 0.3 is 0 Å². The smallest absolute Gasteiger partial charge is 0.0720 e. The van der Waals surface area contributed by atoms with Crippen LogP contribution in [0.15, 0.2) is 237 Å². The highest BCUT2D eigenvalue weighted by atomic mass is 15.1. The molecule has 0 fully saturated rings. The molecule has 1 nitrogen and oxygen atoms in total. The lowest BCUT2D eigenvalue weighted by atomic mass is 9.52. The lowest BCUT2D eigenvalue weighted by Crippen LogP contribution is -2.43. The third-order valence-electron chi connectivity index (χ3n) is 13.9. The molecule has 1 heteroatoms. The van der Waals surface area contributed by atoms with Crippen molar-refractivity contribution in [2.75, 3.05) is 4.90 Å². The normalized spacial score (nSPS) is 14.2. The first kappa shape index (κ1) is 34.2.